The SMILES string of the molecule is CCC(O)c1ccc(C(Cl)(Cl)C(Cl)(Cl)C(Cl)(Cl)C(Cl)(Cl)Cl)cc1C(Cl)(Cl)C(Cl)(Cl)C(Cl)(Cl)C(Cl)(Cl)Cl. The molecule has 1 nitrogen and oxygen atoms in total. The van der Waals surface area contributed by atoms with Crippen molar-refractivity contribution in [3.05, 3.63) is 34.9 Å². The predicted molar refractivity (Wildman–Crippen MR) is 167 cm³/mol. The molecule has 1 N–H and O–H groups in total. The molecule has 0 heterocycles. The van der Waals surface area contributed by atoms with Gasteiger partial charge in [0.2, 0.25) is 16.3 Å². The van der Waals surface area contributed by atoms with Crippen LogP contribution in [0, 0.1) is 0 Å². The van der Waals surface area contributed by atoms with Crippen molar-refractivity contribution in [3.8, 4) is 0 Å². The van der Waals surface area contributed by atoms with Gasteiger partial charge in [-0.1, -0.05) is 228 Å². The zero-order valence-corrected chi connectivity index (χ0v) is 30.4. The molecule has 1 atom stereocenters. The number of hydrogen-bond donors (Lipinski definition) is 1. The molecule has 0 amide bonds. The van der Waals surface area contributed by atoms with Crippen molar-refractivity contribution in [2.75, 3.05) is 0 Å². The van der Waals surface area contributed by atoms with Crippen LogP contribution in [0.15, 0.2) is 18.2 Å². The smallest absolute Gasteiger partial charge is 0.226 e. The van der Waals surface area contributed by atoms with Crippen molar-refractivity contribution in [2.24, 2.45) is 0 Å². The summed E-state index contributed by atoms with van der Waals surface area (Å²) in [7, 11) is 0. The molecule has 0 spiro atoms. The van der Waals surface area contributed by atoms with E-state index < -0.39 is 39.7 Å². The second-order valence-electron chi connectivity index (χ2n) is 7.17. The van der Waals surface area contributed by atoms with E-state index in [2.05, 4.69) is 0 Å². The largest absolute Gasteiger partial charge is 0.388 e. The van der Waals surface area contributed by atoms with E-state index in [1.54, 1.807) is 6.92 Å². The molecule has 1 aromatic carbocycles. The van der Waals surface area contributed by atoms with Crippen LogP contribution in [-0.2, 0) is 8.67 Å². The predicted octanol–water partition coefficient (Wildman–Crippen LogP) is 12.8. The lowest BCUT2D eigenvalue weighted by Gasteiger charge is -2.46. The number of halogens is 18. The third-order valence-electron chi connectivity index (χ3n) is 4.79. The second kappa shape index (κ2) is 12.4. The minimum absolute atomic E-state index is 0.0636. The molecule has 0 saturated carbocycles. The number of aliphatic hydroxyl groups excluding tert-OH is 1. The summed E-state index contributed by atoms with van der Waals surface area (Å²) in [5.74, 6) is 0. The van der Waals surface area contributed by atoms with E-state index in [-0.39, 0.29) is 23.1 Å². The fraction of sp³-hybridized carbons (Fsp3) is 0.647. The summed E-state index contributed by atoms with van der Waals surface area (Å²) in [6.07, 6.45) is -1.03. The molecule has 0 radical (unpaired) electrons. The molecule has 1 rings (SSSR count). The molecule has 0 aromatic heterocycles. The van der Waals surface area contributed by atoms with Gasteiger partial charge in [-0.25, -0.2) is 0 Å². The molecule has 36 heavy (non-hydrogen) atoms. The summed E-state index contributed by atoms with van der Waals surface area (Å²) < 4.78 is -20.6. The summed E-state index contributed by atoms with van der Waals surface area (Å²) >= 11 is 112. The minimum Gasteiger partial charge on any atom is -0.388 e. The first-order chi connectivity index (χ1) is 15.6. The Bertz CT molecular complexity index is 942. The van der Waals surface area contributed by atoms with E-state index in [4.69, 9.17) is 209 Å². The first-order valence-electron chi connectivity index (χ1n) is 8.80. The molecule has 210 valence electrons. The highest BCUT2D eigenvalue weighted by Gasteiger charge is 2.70. The van der Waals surface area contributed by atoms with Gasteiger partial charge in [-0.15, -0.1) is 0 Å². The minimum atomic E-state index is -2.70. The van der Waals surface area contributed by atoms with E-state index >= 15 is 0 Å². The molecule has 0 fully saturated rings. The van der Waals surface area contributed by atoms with Gasteiger partial charge in [-0.2, -0.15) is 0 Å². The van der Waals surface area contributed by atoms with Crippen LogP contribution < -0.4 is 0 Å². The lowest BCUT2D eigenvalue weighted by molar-refractivity contribution is 0.172. The Morgan fingerprint density at radius 1 is 0.583 bits per heavy atom. The van der Waals surface area contributed by atoms with E-state index in [0.29, 0.717) is 0 Å². The van der Waals surface area contributed by atoms with Crippen LogP contribution in [0.2, 0.25) is 0 Å². The van der Waals surface area contributed by atoms with Crippen molar-refractivity contribution < 1.29 is 5.11 Å². The molecule has 1 unspecified atom stereocenters. The summed E-state index contributed by atoms with van der Waals surface area (Å²) in [5, 5.41) is 10.6. The van der Waals surface area contributed by atoms with Gasteiger partial charge in [0.05, 0.1) is 6.10 Å². The summed E-state index contributed by atoms with van der Waals surface area (Å²) in [4.78, 5) is 0. The highest BCUT2D eigenvalue weighted by atomic mass is 35.6. The average molecular weight is 868 g/mol. The molecule has 19 heteroatoms. The number of hydrogen-bond acceptors (Lipinski definition) is 1. The maximum Gasteiger partial charge on any atom is 0.226 e. The number of aliphatic hydroxyl groups is 1. The second-order valence-corrected chi connectivity index (χ2v) is 19.7. The lowest BCUT2D eigenvalue weighted by atomic mass is 9.91. The topological polar surface area (TPSA) is 20.2 Å². The number of benzene rings is 1. The van der Waals surface area contributed by atoms with Crippen LogP contribution in [0.4, 0.5) is 0 Å². The van der Waals surface area contributed by atoms with Crippen LogP contribution in [0.25, 0.3) is 0 Å². The van der Waals surface area contributed by atoms with Crippen LogP contribution in [0.1, 0.15) is 36.1 Å². The van der Waals surface area contributed by atoms with Crippen LogP contribution in [0.5, 0.6) is 0 Å². The molecular weight excluding hydrogens is 858 g/mol. The maximum absolute atomic E-state index is 10.6. The number of alkyl halides is 18. The summed E-state index contributed by atoms with van der Waals surface area (Å²) in [6.45, 7) is 1.64. The Morgan fingerprint density at radius 3 is 1.28 bits per heavy atom. The molecule has 1 aromatic rings. The van der Waals surface area contributed by atoms with Gasteiger partial charge in [0.1, 0.15) is 0 Å². The Labute approximate surface area is 298 Å². The van der Waals surface area contributed by atoms with Gasteiger partial charge in [-0.3, -0.25) is 0 Å². The van der Waals surface area contributed by atoms with Crippen molar-refractivity contribution >= 4 is 209 Å². The normalized spacial score (nSPS) is 16.3. The first kappa shape index (κ1) is 38.4. The highest BCUT2D eigenvalue weighted by Crippen LogP contribution is 2.68. The molecule has 0 saturated heterocycles. The fourth-order valence-electron chi connectivity index (χ4n) is 2.63. The average Bonchev–Trinajstić information content (AvgIpc) is 2.70. The molecule has 0 bridgehead atoms. The zero-order chi connectivity index (χ0) is 29.1. The van der Waals surface area contributed by atoms with Crippen molar-refractivity contribution in [2.45, 2.75) is 53.0 Å². The van der Waals surface area contributed by atoms with Gasteiger partial charge in [0, 0.05) is 0 Å². The zero-order valence-electron chi connectivity index (χ0n) is 16.8. The van der Waals surface area contributed by atoms with E-state index in [9.17, 15) is 5.11 Å². The van der Waals surface area contributed by atoms with Crippen molar-refractivity contribution in [1.29, 1.82) is 0 Å². The van der Waals surface area contributed by atoms with Gasteiger partial charge in [0.25, 0.3) is 0 Å². The highest BCUT2D eigenvalue weighted by molar-refractivity contribution is 6.81. The third kappa shape index (κ3) is 6.72. The molecule has 0 aliphatic carbocycles. The summed E-state index contributed by atoms with van der Waals surface area (Å²) in [5.41, 5.74) is -0.370. The summed E-state index contributed by atoms with van der Waals surface area (Å²) in [6, 6.07) is 3.68. The quantitative estimate of drug-likeness (QED) is 0.258. The van der Waals surface area contributed by atoms with Gasteiger partial charge in [0.15, 0.2) is 17.3 Å². The van der Waals surface area contributed by atoms with E-state index in [0.717, 1.165) is 6.07 Å². The van der Waals surface area contributed by atoms with Gasteiger partial charge < -0.3 is 5.11 Å². The Kier molecular flexibility index (Phi) is 13.3. The van der Waals surface area contributed by atoms with Crippen LogP contribution in [0.3, 0.4) is 0 Å². The first-order valence-corrected chi connectivity index (χ1v) is 15.6. The van der Waals surface area contributed by atoms with Gasteiger partial charge >= 0.3 is 0 Å². The van der Waals surface area contributed by atoms with Crippen molar-refractivity contribution in [1.82, 2.24) is 0 Å². The monoisotopic (exact) mass is 860 g/mol. The Balaban J connectivity index is 4.01. The Hall–Kier alpha value is 4.40. The maximum atomic E-state index is 10.6. The third-order valence-corrected chi connectivity index (χ3v) is 15.7. The van der Waals surface area contributed by atoms with Gasteiger partial charge in [-0.05, 0) is 29.2 Å². The molecule has 0 aliphatic heterocycles. The standard InChI is InChI=1S/C17H10Cl18O/c1-2-9(36)7-4-3-6(10(18,19)12(22,23)14(26,27)16(30,31)32)5-8(7)11(20,21)13(24,25)15(28,29)17(33,34)35/h3-5,9,36H,2H2,1H3. The van der Waals surface area contributed by atoms with Crippen molar-refractivity contribution in [3.63, 3.8) is 0 Å². The van der Waals surface area contributed by atoms with E-state index in [1.165, 1.54) is 12.1 Å². The van der Waals surface area contributed by atoms with E-state index in [1.807, 2.05) is 0 Å². The van der Waals surface area contributed by atoms with Crippen LogP contribution >= 0.6 is 209 Å². The van der Waals surface area contributed by atoms with Crippen LogP contribution in [-0.4, -0.2) is 30.0 Å². The molecular formula is C17H10Cl18O. The number of rotatable bonds is 8. The molecule has 0 aliphatic rings. The fourth-order valence-corrected chi connectivity index (χ4v) is 7.14. The lowest BCUT2D eigenvalue weighted by Crippen LogP contribution is -2.55. The Morgan fingerprint density at radius 2 is 0.944 bits per heavy atom.